The van der Waals surface area contributed by atoms with Gasteiger partial charge in [0.1, 0.15) is 0 Å². The van der Waals surface area contributed by atoms with Crippen LogP contribution in [0.4, 0.5) is 0 Å². The Balaban J connectivity index is 2.25. The first-order chi connectivity index (χ1) is 10.8. The number of rotatable bonds is 7. The number of amides is 1. The average Bonchev–Trinajstić information content (AvgIpc) is 2.44. The predicted octanol–water partition coefficient (Wildman–Crippen LogP) is 2.16. The number of hydrogen-bond acceptors (Lipinski definition) is 4. The monoisotopic (exact) mass is 335 g/mol. The van der Waals surface area contributed by atoms with Crippen LogP contribution >= 0.6 is 0 Å². The quantitative estimate of drug-likeness (QED) is 0.786. The van der Waals surface area contributed by atoms with E-state index in [0.29, 0.717) is 6.42 Å². The third-order valence-corrected chi connectivity index (χ3v) is 4.20. The zero-order valence-corrected chi connectivity index (χ0v) is 14.1. The molecule has 0 saturated carbocycles. The zero-order chi connectivity index (χ0) is 17.0. The lowest BCUT2D eigenvalue weighted by atomic mass is 9.99. The molecule has 2 aromatic carbocycles. The van der Waals surface area contributed by atoms with E-state index >= 15 is 0 Å². The first-order valence-corrected chi connectivity index (χ1v) is 9.26. The second-order valence-corrected chi connectivity index (χ2v) is 7.27. The molecule has 0 spiro atoms. The molecule has 1 amide bonds. The minimum absolute atomic E-state index is 0.139. The molecule has 0 aliphatic heterocycles. The predicted molar refractivity (Wildman–Crippen MR) is 90.6 cm³/mol. The fraction of sp³-hybridized carbons (Fsp3) is 0.353. The molecule has 6 heteroatoms. The van der Waals surface area contributed by atoms with Crippen LogP contribution in [0.15, 0.2) is 36.4 Å². The van der Waals surface area contributed by atoms with Gasteiger partial charge in [0.15, 0.2) is 0 Å². The molecule has 0 radical (unpaired) electrons. The summed E-state index contributed by atoms with van der Waals surface area (Å²) in [6.07, 6.45) is 1.32. The molecular formula is C17H21NO4S. The van der Waals surface area contributed by atoms with Crippen molar-refractivity contribution in [3.63, 3.8) is 0 Å². The van der Waals surface area contributed by atoms with Crippen LogP contribution in [0.5, 0.6) is 0 Å². The minimum atomic E-state index is -3.65. The van der Waals surface area contributed by atoms with Crippen molar-refractivity contribution in [3.8, 4) is 0 Å². The molecule has 0 bridgehead atoms. The second kappa shape index (κ2) is 7.10. The van der Waals surface area contributed by atoms with Gasteiger partial charge in [-0.25, -0.2) is 0 Å². The van der Waals surface area contributed by atoms with E-state index in [4.69, 9.17) is 9.92 Å². The fourth-order valence-corrected chi connectivity index (χ4v) is 3.20. The number of aryl methyl sites for hydroxylation is 1. The number of carbonyl (C=O) groups excluding carboxylic acids is 1. The maximum Gasteiger partial charge on any atom is 0.264 e. The second-order valence-electron chi connectivity index (χ2n) is 5.67. The zero-order valence-electron chi connectivity index (χ0n) is 13.3. The van der Waals surface area contributed by atoms with Crippen LogP contribution in [0.3, 0.4) is 0 Å². The average molecular weight is 335 g/mol. The molecule has 2 rings (SSSR count). The van der Waals surface area contributed by atoms with Crippen molar-refractivity contribution in [2.75, 3.05) is 6.26 Å². The molecule has 2 N–H and O–H groups in total. The number of fused-ring (bicyclic) bond motifs is 1. The van der Waals surface area contributed by atoms with Crippen molar-refractivity contribution in [2.45, 2.75) is 32.3 Å². The fourth-order valence-electron chi connectivity index (χ4n) is 2.57. The molecular weight excluding hydrogens is 314 g/mol. The first kappa shape index (κ1) is 17.4. The Morgan fingerprint density at radius 1 is 1.13 bits per heavy atom. The van der Waals surface area contributed by atoms with Gasteiger partial charge in [-0.2, -0.15) is 8.42 Å². The number of primary amides is 1. The van der Waals surface area contributed by atoms with E-state index < -0.39 is 22.1 Å². The lowest BCUT2D eigenvalue weighted by Crippen LogP contribution is -2.26. The highest BCUT2D eigenvalue weighted by Crippen LogP contribution is 2.20. The van der Waals surface area contributed by atoms with E-state index in [1.165, 1.54) is 5.56 Å². The van der Waals surface area contributed by atoms with Gasteiger partial charge in [-0.15, -0.1) is 0 Å². The van der Waals surface area contributed by atoms with Crippen LogP contribution in [0.25, 0.3) is 10.8 Å². The van der Waals surface area contributed by atoms with Crippen LogP contribution in [0.1, 0.15) is 24.5 Å². The summed E-state index contributed by atoms with van der Waals surface area (Å²) in [7, 11) is -3.65. The van der Waals surface area contributed by atoms with Gasteiger partial charge in [0.25, 0.3) is 10.1 Å². The summed E-state index contributed by atoms with van der Waals surface area (Å²) in [5.74, 6) is -0.591. The van der Waals surface area contributed by atoms with E-state index in [2.05, 4.69) is 19.1 Å². The van der Waals surface area contributed by atoms with Crippen LogP contribution < -0.4 is 5.73 Å². The first-order valence-electron chi connectivity index (χ1n) is 7.45. The van der Waals surface area contributed by atoms with E-state index in [1.54, 1.807) is 0 Å². The summed E-state index contributed by atoms with van der Waals surface area (Å²) in [5.41, 5.74) is 7.34. The van der Waals surface area contributed by atoms with Crippen molar-refractivity contribution in [1.82, 2.24) is 0 Å². The van der Waals surface area contributed by atoms with E-state index in [-0.39, 0.29) is 6.42 Å². The molecule has 23 heavy (non-hydrogen) atoms. The molecule has 2 aromatic rings. The van der Waals surface area contributed by atoms with Crippen molar-refractivity contribution < 1.29 is 17.4 Å². The van der Waals surface area contributed by atoms with Crippen LogP contribution in [0, 0.1) is 0 Å². The summed E-state index contributed by atoms with van der Waals surface area (Å²) >= 11 is 0. The Morgan fingerprint density at radius 3 is 2.22 bits per heavy atom. The molecule has 0 aliphatic rings. The largest absolute Gasteiger partial charge is 0.370 e. The molecule has 0 saturated heterocycles. The van der Waals surface area contributed by atoms with Gasteiger partial charge < -0.3 is 5.73 Å². The van der Waals surface area contributed by atoms with Crippen LogP contribution in [-0.4, -0.2) is 26.7 Å². The molecule has 5 nitrogen and oxygen atoms in total. The Morgan fingerprint density at radius 2 is 1.70 bits per heavy atom. The van der Waals surface area contributed by atoms with Gasteiger partial charge in [-0.3, -0.25) is 8.98 Å². The third-order valence-electron chi connectivity index (χ3n) is 3.58. The smallest absolute Gasteiger partial charge is 0.264 e. The molecule has 0 fully saturated rings. The normalized spacial score (nSPS) is 13.1. The van der Waals surface area contributed by atoms with Gasteiger partial charge in [-0.05, 0) is 28.3 Å². The van der Waals surface area contributed by atoms with Gasteiger partial charge in [0.2, 0.25) is 5.91 Å². The third kappa shape index (κ3) is 5.33. The van der Waals surface area contributed by atoms with Gasteiger partial charge >= 0.3 is 0 Å². The Kier molecular flexibility index (Phi) is 5.38. The van der Waals surface area contributed by atoms with Crippen molar-refractivity contribution in [1.29, 1.82) is 0 Å². The maximum atomic E-state index is 11.3. The lowest BCUT2D eigenvalue weighted by molar-refractivity contribution is -0.119. The standard InChI is InChI=1S/C17H21NO4S/c1-3-12-4-6-15-9-13(5-7-14(15)8-12)10-16(11-17(18)19)22-23(2,20)21/h4-9,16H,3,10-11H2,1-2H3,(H2,18,19)/t16-/m1/s1. The number of carbonyl (C=O) groups is 1. The molecule has 0 heterocycles. The van der Waals surface area contributed by atoms with Crippen molar-refractivity contribution in [2.24, 2.45) is 5.73 Å². The Labute approximate surface area is 136 Å². The summed E-state index contributed by atoms with van der Waals surface area (Å²) in [6, 6.07) is 12.1. The topological polar surface area (TPSA) is 86.5 Å². The summed E-state index contributed by atoms with van der Waals surface area (Å²) in [5, 5.41) is 2.19. The lowest BCUT2D eigenvalue weighted by Gasteiger charge is -2.15. The molecule has 0 aromatic heterocycles. The molecule has 1 atom stereocenters. The summed E-state index contributed by atoms with van der Waals surface area (Å²) < 4.78 is 27.6. The van der Waals surface area contributed by atoms with Crippen molar-refractivity contribution in [3.05, 3.63) is 47.5 Å². The maximum absolute atomic E-state index is 11.3. The summed E-state index contributed by atoms with van der Waals surface area (Å²) in [4.78, 5) is 11.1. The highest BCUT2D eigenvalue weighted by Gasteiger charge is 2.19. The van der Waals surface area contributed by atoms with Crippen LogP contribution in [-0.2, 0) is 31.9 Å². The van der Waals surface area contributed by atoms with E-state index in [1.807, 2.05) is 24.3 Å². The number of hydrogen-bond donors (Lipinski definition) is 1. The SMILES string of the molecule is CCc1ccc2cc(C[C@H](CC(N)=O)OS(C)(=O)=O)ccc2c1. The van der Waals surface area contributed by atoms with E-state index in [0.717, 1.165) is 29.0 Å². The highest BCUT2D eigenvalue weighted by atomic mass is 32.2. The number of nitrogens with two attached hydrogens (primary N) is 1. The highest BCUT2D eigenvalue weighted by molar-refractivity contribution is 7.86. The Bertz CT molecular complexity index is 814. The van der Waals surface area contributed by atoms with Gasteiger partial charge in [0.05, 0.1) is 18.8 Å². The van der Waals surface area contributed by atoms with Gasteiger partial charge in [0, 0.05) is 6.42 Å². The number of benzene rings is 2. The van der Waals surface area contributed by atoms with Crippen LogP contribution in [0.2, 0.25) is 0 Å². The minimum Gasteiger partial charge on any atom is -0.370 e. The molecule has 124 valence electrons. The van der Waals surface area contributed by atoms with Gasteiger partial charge in [-0.1, -0.05) is 43.3 Å². The molecule has 0 unspecified atom stereocenters. The Hall–Kier alpha value is -1.92. The molecule has 0 aliphatic carbocycles. The summed E-state index contributed by atoms with van der Waals surface area (Å²) in [6.45, 7) is 2.10. The van der Waals surface area contributed by atoms with Crippen molar-refractivity contribution >= 4 is 26.8 Å². The van der Waals surface area contributed by atoms with E-state index in [9.17, 15) is 13.2 Å².